The Hall–Kier alpha value is -2.06. The van der Waals surface area contributed by atoms with Crippen LogP contribution >= 0.6 is 0 Å². The number of carbonyl (C=O) groups excluding carboxylic acids is 1. The second-order valence-corrected chi connectivity index (χ2v) is 4.14. The zero-order chi connectivity index (χ0) is 14.1. The largest absolute Gasteiger partial charge is 0.482 e. The van der Waals surface area contributed by atoms with Crippen LogP contribution < -0.4 is 10.1 Å². The monoisotopic (exact) mass is 262 g/mol. The Labute approximate surface area is 112 Å². The molecule has 1 atom stereocenters. The minimum absolute atomic E-state index is 0.169. The Morgan fingerprint density at radius 3 is 2.95 bits per heavy atom. The molecule has 102 valence electrons. The van der Waals surface area contributed by atoms with Gasteiger partial charge in [0.15, 0.2) is 6.61 Å². The van der Waals surface area contributed by atoms with Crippen LogP contribution in [0.1, 0.15) is 25.3 Å². The van der Waals surface area contributed by atoms with Crippen LogP contribution in [0.4, 0.5) is 0 Å². The smallest absolute Gasteiger partial charge is 0.258 e. The number of nitrogens with one attached hydrogen (secondary N) is 1. The highest BCUT2D eigenvalue weighted by Gasteiger charge is 2.08. The first kappa shape index (κ1) is 15.0. The standard InChI is InChI=1S/C14H18N2O3/c1-2-5-12(17)9-16-14(18)10-19-13-7-4-3-6-11(13)8-15/h3-4,6-7,12,17H,2,5,9-10H2,1H3,(H,16,18). The molecule has 0 aliphatic carbocycles. The molecule has 1 unspecified atom stereocenters. The fourth-order valence-corrected chi connectivity index (χ4v) is 1.55. The molecule has 0 aromatic heterocycles. The molecule has 0 aliphatic rings. The number of benzene rings is 1. The van der Waals surface area contributed by atoms with Gasteiger partial charge in [-0.15, -0.1) is 0 Å². The van der Waals surface area contributed by atoms with Crippen molar-refractivity contribution >= 4 is 5.91 Å². The van der Waals surface area contributed by atoms with Crippen molar-refractivity contribution < 1.29 is 14.6 Å². The topological polar surface area (TPSA) is 82.3 Å². The number of hydrogen-bond acceptors (Lipinski definition) is 4. The summed E-state index contributed by atoms with van der Waals surface area (Å²) in [6.07, 6.45) is 0.988. The second-order valence-electron chi connectivity index (χ2n) is 4.14. The summed E-state index contributed by atoms with van der Waals surface area (Å²) in [5.74, 6) is 0.0668. The molecule has 2 N–H and O–H groups in total. The van der Waals surface area contributed by atoms with Crippen LogP contribution in [-0.4, -0.2) is 30.3 Å². The van der Waals surface area contributed by atoms with E-state index >= 15 is 0 Å². The number of rotatable bonds is 7. The van der Waals surface area contributed by atoms with Gasteiger partial charge in [0.1, 0.15) is 11.8 Å². The van der Waals surface area contributed by atoms with Crippen LogP contribution in [0, 0.1) is 11.3 Å². The molecule has 0 bridgehead atoms. The highest BCUT2D eigenvalue weighted by Crippen LogP contribution is 2.16. The third kappa shape index (κ3) is 5.40. The molecule has 19 heavy (non-hydrogen) atoms. The van der Waals surface area contributed by atoms with Gasteiger partial charge in [-0.25, -0.2) is 0 Å². The van der Waals surface area contributed by atoms with E-state index in [1.807, 2.05) is 13.0 Å². The van der Waals surface area contributed by atoms with E-state index in [1.54, 1.807) is 24.3 Å². The van der Waals surface area contributed by atoms with Gasteiger partial charge in [-0.05, 0) is 18.6 Å². The van der Waals surface area contributed by atoms with Crippen molar-refractivity contribution in [3.63, 3.8) is 0 Å². The van der Waals surface area contributed by atoms with Gasteiger partial charge in [-0.1, -0.05) is 25.5 Å². The molecule has 0 heterocycles. The number of carbonyl (C=O) groups is 1. The minimum Gasteiger partial charge on any atom is -0.482 e. The molecule has 0 spiro atoms. The van der Waals surface area contributed by atoms with Crippen molar-refractivity contribution in [1.29, 1.82) is 5.26 Å². The Morgan fingerprint density at radius 2 is 2.26 bits per heavy atom. The Morgan fingerprint density at radius 1 is 1.53 bits per heavy atom. The third-order valence-corrected chi connectivity index (χ3v) is 2.52. The molecule has 1 rings (SSSR count). The average molecular weight is 262 g/mol. The second kappa shape index (κ2) is 8.11. The summed E-state index contributed by atoms with van der Waals surface area (Å²) in [5, 5.41) is 20.9. The number of nitrogens with zero attached hydrogens (tertiary/aromatic N) is 1. The van der Waals surface area contributed by atoms with E-state index in [2.05, 4.69) is 5.32 Å². The Kier molecular flexibility index (Phi) is 6.41. The SMILES string of the molecule is CCCC(O)CNC(=O)COc1ccccc1C#N. The predicted octanol–water partition coefficient (Wildman–Crippen LogP) is 1.21. The van der Waals surface area contributed by atoms with Gasteiger partial charge < -0.3 is 15.2 Å². The van der Waals surface area contributed by atoms with E-state index in [0.717, 1.165) is 6.42 Å². The van der Waals surface area contributed by atoms with Crippen molar-refractivity contribution in [3.05, 3.63) is 29.8 Å². The molecule has 0 saturated carbocycles. The molecule has 5 heteroatoms. The van der Waals surface area contributed by atoms with E-state index in [-0.39, 0.29) is 19.1 Å². The Bertz CT molecular complexity index is 454. The average Bonchev–Trinajstić information content (AvgIpc) is 2.43. The lowest BCUT2D eigenvalue weighted by molar-refractivity contribution is -0.123. The minimum atomic E-state index is -0.527. The summed E-state index contributed by atoms with van der Waals surface area (Å²) in [6, 6.07) is 8.71. The molecule has 0 fully saturated rings. The predicted molar refractivity (Wildman–Crippen MR) is 70.6 cm³/mol. The number of hydrogen-bond donors (Lipinski definition) is 2. The molecule has 1 amide bonds. The van der Waals surface area contributed by atoms with Crippen LogP contribution in [0.15, 0.2) is 24.3 Å². The van der Waals surface area contributed by atoms with E-state index < -0.39 is 6.10 Å². The molecule has 5 nitrogen and oxygen atoms in total. The zero-order valence-corrected chi connectivity index (χ0v) is 10.9. The summed E-state index contributed by atoms with van der Waals surface area (Å²) in [6.45, 7) is 2.01. The van der Waals surface area contributed by atoms with Crippen LogP contribution in [0.5, 0.6) is 5.75 Å². The van der Waals surface area contributed by atoms with Gasteiger partial charge in [-0.3, -0.25) is 4.79 Å². The van der Waals surface area contributed by atoms with Gasteiger partial charge >= 0.3 is 0 Å². The number of aliphatic hydroxyl groups is 1. The van der Waals surface area contributed by atoms with Gasteiger partial charge in [0, 0.05) is 6.54 Å². The molecule has 1 aromatic rings. The normalized spacial score (nSPS) is 11.4. The van der Waals surface area contributed by atoms with E-state index in [9.17, 15) is 9.90 Å². The van der Waals surface area contributed by atoms with Crippen molar-refractivity contribution in [2.45, 2.75) is 25.9 Å². The van der Waals surface area contributed by atoms with Gasteiger partial charge in [-0.2, -0.15) is 5.26 Å². The van der Waals surface area contributed by atoms with Crippen LogP contribution in [-0.2, 0) is 4.79 Å². The fraction of sp³-hybridized carbons (Fsp3) is 0.429. The Balaban J connectivity index is 2.36. The van der Waals surface area contributed by atoms with Crippen molar-refractivity contribution in [2.75, 3.05) is 13.2 Å². The van der Waals surface area contributed by atoms with E-state index in [1.165, 1.54) is 0 Å². The van der Waals surface area contributed by atoms with Crippen molar-refractivity contribution in [3.8, 4) is 11.8 Å². The molecule has 0 saturated heterocycles. The van der Waals surface area contributed by atoms with E-state index in [4.69, 9.17) is 10.00 Å². The summed E-state index contributed by atoms with van der Waals surface area (Å²) in [5.41, 5.74) is 0.390. The summed E-state index contributed by atoms with van der Waals surface area (Å²) < 4.78 is 5.27. The molecule has 0 aliphatic heterocycles. The molecule has 1 aromatic carbocycles. The highest BCUT2D eigenvalue weighted by atomic mass is 16.5. The number of ether oxygens (including phenoxy) is 1. The molecular weight excluding hydrogens is 244 g/mol. The summed E-state index contributed by atoms with van der Waals surface area (Å²) >= 11 is 0. The first-order valence-electron chi connectivity index (χ1n) is 6.24. The van der Waals surface area contributed by atoms with Gasteiger partial charge in [0.2, 0.25) is 0 Å². The van der Waals surface area contributed by atoms with Crippen LogP contribution in [0.3, 0.4) is 0 Å². The maximum Gasteiger partial charge on any atom is 0.258 e. The quantitative estimate of drug-likeness (QED) is 0.774. The highest BCUT2D eigenvalue weighted by molar-refractivity contribution is 5.77. The van der Waals surface area contributed by atoms with Crippen LogP contribution in [0.25, 0.3) is 0 Å². The summed E-state index contributed by atoms with van der Waals surface area (Å²) in [4.78, 5) is 11.5. The first-order valence-corrected chi connectivity index (χ1v) is 6.24. The number of aliphatic hydroxyl groups excluding tert-OH is 1. The lowest BCUT2D eigenvalue weighted by Gasteiger charge is -2.11. The lowest BCUT2D eigenvalue weighted by atomic mass is 10.2. The molecule has 0 radical (unpaired) electrons. The van der Waals surface area contributed by atoms with Crippen LogP contribution in [0.2, 0.25) is 0 Å². The van der Waals surface area contributed by atoms with Crippen molar-refractivity contribution in [2.24, 2.45) is 0 Å². The van der Waals surface area contributed by atoms with Gasteiger partial charge in [0.05, 0.1) is 11.7 Å². The zero-order valence-electron chi connectivity index (χ0n) is 10.9. The van der Waals surface area contributed by atoms with Crippen molar-refractivity contribution in [1.82, 2.24) is 5.32 Å². The number of para-hydroxylation sites is 1. The maximum absolute atomic E-state index is 11.5. The van der Waals surface area contributed by atoms with E-state index in [0.29, 0.717) is 17.7 Å². The molecular formula is C14H18N2O3. The maximum atomic E-state index is 11.5. The van der Waals surface area contributed by atoms with Gasteiger partial charge in [0.25, 0.3) is 5.91 Å². The summed E-state index contributed by atoms with van der Waals surface area (Å²) in [7, 11) is 0. The third-order valence-electron chi connectivity index (χ3n) is 2.52. The first-order chi connectivity index (χ1) is 9.17. The lowest BCUT2D eigenvalue weighted by Crippen LogP contribution is -2.35. The number of amides is 1. The fourth-order valence-electron chi connectivity index (χ4n) is 1.55. The number of nitriles is 1.